The monoisotopic (exact) mass is 242 g/mol. The van der Waals surface area contributed by atoms with Crippen LogP contribution >= 0.6 is 0 Å². The van der Waals surface area contributed by atoms with Gasteiger partial charge in [-0.15, -0.1) is 0 Å². The topological polar surface area (TPSA) is 125 Å². The summed E-state index contributed by atoms with van der Waals surface area (Å²) in [6.07, 6.45) is -0.996. The Morgan fingerprint density at radius 3 is 2.76 bits per heavy atom. The van der Waals surface area contributed by atoms with Crippen LogP contribution in [-0.2, 0) is 0 Å². The molecule has 0 heterocycles. The van der Waals surface area contributed by atoms with E-state index < -0.39 is 18.6 Å². The number of carbonyl (C=O) groups excluding carboxylic acids is 1. The Morgan fingerprint density at radius 1 is 1.53 bits per heavy atom. The molecule has 1 rings (SSSR count). The summed E-state index contributed by atoms with van der Waals surface area (Å²) < 4.78 is 5.07. The molecule has 0 aliphatic rings. The van der Waals surface area contributed by atoms with Crippen molar-refractivity contribution in [3.05, 3.63) is 23.8 Å². The van der Waals surface area contributed by atoms with E-state index in [2.05, 4.69) is 0 Å². The molecule has 7 heteroatoms. The number of nitrogens with one attached hydrogen (secondary N) is 1. The predicted molar refractivity (Wildman–Crippen MR) is 58.3 cm³/mol. The van der Waals surface area contributed by atoms with Gasteiger partial charge in [0.25, 0.3) is 5.91 Å². The Morgan fingerprint density at radius 2 is 2.24 bits per heavy atom. The van der Waals surface area contributed by atoms with Gasteiger partial charge in [-0.1, -0.05) is 0 Å². The molecule has 0 saturated heterocycles. The molecule has 0 aliphatic heterocycles. The first-order valence-corrected chi connectivity index (χ1v) is 4.84. The van der Waals surface area contributed by atoms with Gasteiger partial charge in [-0.2, -0.15) is 0 Å². The number of carbonyl (C=O) groups is 1. The summed E-state index contributed by atoms with van der Waals surface area (Å²) in [4.78, 5) is 11.1. The highest BCUT2D eigenvalue weighted by atomic mass is 16.5. The number of nitrogen functional groups attached to an aromatic ring is 1. The number of phenolic OH excluding ortho intramolecular Hbond substituents is 1. The van der Waals surface area contributed by atoms with Crippen LogP contribution in [0.4, 0.5) is 0 Å². The molecule has 0 saturated carbocycles. The average Bonchev–Trinajstić information content (AvgIpc) is 2.35. The summed E-state index contributed by atoms with van der Waals surface area (Å²) in [7, 11) is 0. The van der Waals surface area contributed by atoms with Crippen LogP contribution in [0.1, 0.15) is 10.4 Å². The van der Waals surface area contributed by atoms with Crippen molar-refractivity contribution >= 4 is 5.91 Å². The normalized spacial score (nSPS) is 11.9. The lowest BCUT2D eigenvalue weighted by Crippen LogP contribution is -2.30. The summed E-state index contributed by atoms with van der Waals surface area (Å²) in [6, 6.07) is 3.99. The summed E-state index contributed by atoms with van der Waals surface area (Å²) in [5.41, 5.74) is 1.90. The van der Waals surface area contributed by atoms with Crippen LogP contribution in [-0.4, -0.2) is 40.5 Å². The van der Waals surface area contributed by atoms with Gasteiger partial charge in [0, 0.05) is 6.07 Å². The number of hydrogen-bond acceptors (Lipinski definition) is 6. The first kappa shape index (κ1) is 13.2. The largest absolute Gasteiger partial charge is 0.507 e. The van der Waals surface area contributed by atoms with Crippen molar-refractivity contribution in [2.24, 2.45) is 5.84 Å². The summed E-state index contributed by atoms with van der Waals surface area (Å²) >= 11 is 0. The van der Waals surface area contributed by atoms with Crippen molar-refractivity contribution in [3.63, 3.8) is 0 Å². The van der Waals surface area contributed by atoms with Crippen LogP contribution in [0, 0.1) is 0 Å². The van der Waals surface area contributed by atoms with Gasteiger partial charge in [0.05, 0.1) is 12.2 Å². The molecule has 0 spiro atoms. The second-order valence-electron chi connectivity index (χ2n) is 3.30. The van der Waals surface area contributed by atoms with E-state index in [9.17, 15) is 9.90 Å². The van der Waals surface area contributed by atoms with Crippen molar-refractivity contribution in [2.75, 3.05) is 13.2 Å². The van der Waals surface area contributed by atoms with Crippen molar-refractivity contribution < 1.29 is 24.9 Å². The van der Waals surface area contributed by atoms with Gasteiger partial charge in [-0.3, -0.25) is 10.2 Å². The minimum atomic E-state index is -0.996. The number of hydrazine groups is 1. The number of aliphatic hydroxyl groups is 2. The summed E-state index contributed by atoms with van der Waals surface area (Å²) in [5, 5.41) is 27.1. The van der Waals surface area contributed by atoms with Crippen LogP contribution in [0.25, 0.3) is 0 Å². The molecule has 0 unspecified atom stereocenters. The Labute approximate surface area is 97.4 Å². The van der Waals surface area contributed by atoms with E-state index in [4.69, 9.17) is 20.8 Å². The molecule has 17 heavy (non-hydrogen) atoms. The number of phenols is 1. The lowest BCUT2D eigenvalue weighted by atomic mass is 10.2. The molecule has 0 aromatic heterocycles. The predicted octanol–water partition coefficient (Wildman–Crippen LogP) is -1.27. The molecule has 1 amide bonds. The lowest BCUT2D eigenvalue weighted by molar-refractivity contribution is 0.0535. The Balaban J connectivity index is 2.72. The molecule has 0 aliphatic carbocycles. The molecule has 0 bridgehead atoms. The number of aliphatic hydroxyl groups excluding tert-OH is 2. The molecule has 1 atom stereocenters. The lowest BCUT2D eigenvalue weighted by Gasteiger charge is -2.11. The molecule has 0 radical (unpaired) electrons. The minimum Gasteiger partial charge on any atom is -0.507 e. The highest BCUT2D eigenvalue weighted by Crippen LogP contribution is 2.23. The van der Waals surface area contributed by atoms with Crippen LogP contribution in [0.3, 0.4) is 0 Å². The molecular formula is C10H14N2O5. The number of benzene rings is 1. The molecule has 7 nitrogen and oxygen atoms in total. The maximum absolute atomic E-state index is 11.1. The van der Waals surface area contributed by atoms with Gasteiger partial charge in [-0.25, -0.2) is 5.84 Å². The first-order valence-electron chi connectivity index (χ1n) is 4.84. The Bertz CT molecular complexity index is 396. The van der Waals surface area contributed by atoms with E-state index in [0.717, 1.165) is 0 Å². The van der Waals surface area contributed by atoms with E-state index in [1.807, 2.05) is 5.43 Å². The van der Waals surface area contributed by atoms with Gasteiger partial charge < -0.3 is 20.1 Å². The van der Waals surface area contributed by atoms with Crippen LogP contribution < -0.4 is 16.0 Å². The zero-order valence-electron chi connectivity index (χ0n) is 8.96. The van der Waals surface area contributed by atoms with Crippen molar-refractivity contribution in [1.29, 1.82) is 0 Å². The molecule has 6 N–H and O–H groups in total. The highest BCUT2D eigenvalue weighted by Gasteiger charge is 2.11. The second-order valence-corrected chi connectivity index (χ2v) is 3.30. The summed E-state index contributed by atoms with van der Waals surface area (Å²) in [5.74, 6) is 4.28. The molecule has 0 fully saturated rings. The number of aromatic hydroxyl groups is 1. The van der Waals surface area contributed by atoms with Crippen molar-refractivity contribution in [2.45, 2.75) is 6.10 Å². The molecule has 94 valence electrons. The maximum Gasteiger partial charge on any atom is 0.268 e. The third-order valence-corrected chi connectivity index (χ3v) is 2.00. The number of hydrogen-bond donors (Lipinski definition) is 5. The zero-order chi connectivity index (χ0) is 12.8. The number of nitrogens with two attached hydrogens (primary N) is 1. The number of ether oxygens (including phenoxy) is 1. The Hall–Kier alpha value is -1.83. The van der Waals surface area contributed by atoms with Gasteiger partial charge in [-0.05, 0) is 12.1 Å². The molecular weight excluding hydrogens is 228 g/mol. The first-order chi connectivity index (χ1) is 8.08. The third-order valence-electron chi connectivity index (χ3n) is 2.00. The fourth-order valence-corrected chi connectivity index (χ4v) is 1.12. The van der Waals surface area contributed by atoms with E-state index in [0.29, 0.717) is 0 Å². The van der Waals surface area contributed by atoms with Crippen LogP contribution in [0.15, 0.2) is 18.2 Å². The fourth-order valence-electron chi connectivity index (χ4n) is 1.12. The maximum atomic E-state index is 11.1. The smallest absolute Gasteiger partial charge is 0.268 e. The SMILES string of the molecule is NNC(=O)c1ccc(OC[C@H](O)CO)cc1O. The van der Waals surface area contributed by atoms with Gasteiger partial charge >= 0.3 is 0 Å². The zero-order valence-corrected chi connectivity index (χ0v) is 8.96. The van der Waals surface area contributed by atoms with Crippen molar-refractivity contribution in [3.8, 4) is 11.5 Å². The Kier molecular flexibility index (Phi) is 4.70. The van der Waals surface area contributed by atoms with Crippen LogP contribution in [0.2, 0.25) is 0 Å². The van der Waals surface area contributed by atoms with E-state index in [-0.39, 0.29) is 23.7 Å². The van der Waals surface area contributed by atoms with Gasteiger partial charge in [0.2, 0.25) is 0 Å². The average molecular weight is 242 g/mol. The van der Waals surface area contributed by atoms with E-state index in [1.165, 1.54) is 18.2 Å². The van der Waals surface area contributed by atoms with E-state index in [1.54, 1.807) is 0 Å². The molecule has 1 aromatic rings. The highest BCUT2D eigenvalue weighted by molar-refractivity contribution is 5.96. The van der Waals surface area contributed by atoms with E-state index >= 15 is 0 Å². The summed E-state index contributed by atoms with van der Waals surface area (Å²) in [6.45, 7) is -0.530. The number of amides is 1. The van der Waals surface area contributed by atoms with Gasteiger partial charge in [0.1, 0.15) is 24.2 Å². The second kappa shape index (κ2) is 6.04. The molecule has 1 aromatic carbocycles. The quantitative estimate of drug-likeness (QED) is 0.249. The fraction of sp³-hybridized carbons (Fsp3) is 0.300. The van der Waals surface area contributed by atoms with Crippen molar-refractivity contribution in [1.82, 2.24) is 5.43 Å². The standard InChI is InChI=1S/C10H14N2O5/c11-12-10(16)8-2-1-7(3-9(8)15)17-5-6(14)4-13/h1-3,6,13-15H,4-5,11H2,(H,12,16)/t6-/m1/s1. The third kappa shape index (κ3) is 3.59. The van der Waals surface area contributed by atoms with Crippen LogP contribution in [0.5, 0.6) is 11.5 Å². The van der Waals surface area contributed by atoms with Gasteiger partial charge in [0.15, 0.2) is 0 Å². The minimum absolute atomic E-state index is 0.0163. The number of rotatable bonds is 5.